The van der Waals surface area contributed by atoms with Gasteiger partial charge in [-0.15, -0.1) is 0 Å². The van der Waals surface area contributed by atoms with Crippen molar-refractivity contribution < 1.29 is 19.4 Å². The van der Waals surface area contributed by atoms with Gasteiger partial charge in [0, 0.05) is 23.1 Å². The number of amides is 1. The van der Waals surface area contributed by atoms with Gasteiger partial charge in [0.2, 0.25) is 0 Å². The van der Waals surface area contributed by atoms with E-state index < -0.39 is 17.7 Å². The number of rotatable bonds is 8. The van der Waals surface area contributed by atoms with Crippen molar-refractivity contribution in [2.45, 2.75) is 19.6 Å². The van der Waals surface area contributed by atoms with Crippen LogP contribution >= 0.6 is 15.9 Å². The van der Waals surface area contributed by atoms with Gasteiger partial charge in [-0.05, 0) is 68.0 Å². The molecule has 1 heterocycles. The predicted molar refractivity (Wildman–Crippen MR) is 144 cm³/mol. The Bertz CT molecular complexity index is 1290. The number of hydrogen-bond acceptors (Lipinski definition) is 5. The second kappa shape index (κ2) is 11.1. The Balaban J connectivity index is 1.70. The van der Waals surface area contributed by atoms with Crippen LogP contribution in [0.4, 0.5) is 0 Å². The van der Waals surface area contributed by atoms with Crippen molar-refractivity contribution in [2.75, 3.05) is 27.2 Å². The summed E-state index contributed by atoms with van der Waals surface area (Å²) >= 11 is 3.44. The van der Waals surface area contributed by atoms with Crippen LogP contribution in [0.5, 0.6) is 5.75 Å². The Morgan fingerprint density at radius 2 is 1.72 bits per heavy atom. The molecule has 4 rings (SSSR count). The molecule has 36 heavy (non-hydrogen) atoms. The average Bonchev–Trinajstić information content (AvgIpc) is 3.12. The molecule has 0 aromatic heterocycles. The van der Waals surface area contributed by atoms with Crippen LogP contribution in [0.25, 0.3) is 5.76 Å². The van der Waals surface area contributed by atoms with Crippen molar-refractivity contribution in [1.82, 2.24) is 9.80 Å². The summed E-state index contributed by atoms with van der Waals surface area (Å²) in [7, 11) is 3.83. The van der Waals surface area contributed by atoms with Crippen LogP contribution in [-0.4, -0.2) is 53.8 Å². The van der Waals surface area contributed by atoms with Gasteiger partial charge in [0.25, 0.3) is 11.7 Å². The number of carbonyl (C=O) groups is 2. The number of benzene rings is 3. The fourth-order valence-electron chi connectivity index (χ4n) is 4.29. The fourth-order valence-corrected chi connectivity index (χ4v) is 4.55. The number of halogens is 1. The second-order valence-corrected chi connectivity index (χ2v) is 10.0. The Morgan fingerprint density at radius 3 is 2.36 bits per heavy atom. The number of carbonyl (C=O) groups excluding carboxylic acids is 2. The molecule has 1 N–H and O–H groups in total. The van der Waals surface area contributed by atoms with E-state index in [-0.39, 0.29) is 11.3 Å². The van der Waals surface area contributed by atoms with Crippen molar-refractivity contribution in [3.63, 3.8) is 0 Å². The van der Waals surface area contributed by atoms with Gasteiger partial charge in [0.05, 0.1) is 11.6 Å². The minimum absolute atomic E-state index is 0.0992. The molecule has 7 heteroatoms. The molecule has 1 amide bonds. The summed E-state index contributed by atoms with van der Waals surface area (Å²) in [5.74, 6) is -0.806. The zero-order valence-corrected chi connectivity index (χ0v) is 22.2. The van der Waals surface area contributed by atoms with Gasteiger partial charge in [-0.2, -0.15) is 0 Å². The van der Waals surface area contributed by atoms with Gasteiger partial charge in [-0.3, -0.25) is 9.59 Å². The highest BCUT2D eigenvalue weighted by molar-refractivity contribution is 9.10. The molecule has 1 aliphatic heterocycles. The van der Waals surface area contributed by atoms with Crippen LogP contribution in [-0.2, 0) is 16.2 Å². The molecular formula is C29H29BrN2O4. The van der Waals surface area contributed by atoms with E-state index in [1.54, 1.807) is 17.0 Å². The zero-order chi connectivity index (χ0) is 25.8. The van der Waals surface area contributed by atoms with Crippen LogP contribution in [0.2, 0.25) is 0 Å². The van der Waals surface area contributed by atoms with Crippen molar-refractivity contribution in [3.8, 4) is 5.75 Å². The summed E-state index contributed by atoms with van der Waals surface area (Å²) in [6.45, 7) is 3.22. The lowest BCUT2D eigenvalue weighted by Crippen LogP contribution is -2.35. The molecule has 0 unspecified atom stereocenters. The SMILES string of the molecule is Cc1cc(OCc2ccccc2)ccc1/C(O)=C1\C(=O)C(=O)N(CCN(C)C)[C@H]1c1ccc(Br)cc1. The third-order valence-corrected chi connectivity index (χ3v) is 6.74. The van der Waals surface area contributed by atoms with Crippen molar-refractivity contribution in [2.24, 2.45) is 0 Å². The summed E-state index contributed by atoms with van der Waals surface area (Å²) in [5.41, 5.74) is 3.15. The monoisotopic (exact) mass is 548 g/mol. The van der Waals surface area contributed by atoms with Gasteiger partial charge in [0.1, 0.15) is 18.1 Å². The summed E-state index contributed by atoms with van der Waals surface area (Å²) < 4.78 is 6.80. The highest BCUT2D eigenvalue weighted by atomic mass is 79.9. The number of hydrogen-bond donors (Lipinski definition) is 1. The lowest BCUT2D eigenvalue weighted by atomic mass is 9.94. The Hall–Kier alpha value is -3.42. The number of likely N-dealkylation sites (N-methyl/N-ethyl adjacent to an activating group) is 1. The number of aliphatic hydroxyl groups is 1. The van der Waals surface area contributed by atoms with E-state index in [0.29, 0.717) is 31.0 Å². The summed E-state index contributed by atoms with van der Waals surface area (Å²) in [5, 5.41) is 11.4. The normalized spacial score (nSPS) is 17.1. The molecule has 0 aliphatic carbocycles. The van der Waals surface area contributed by atoms with Crippen molar-refractivity contribution in [3.05, 3.63) is 105 Å². The minimum Gasteiger partial charge on any atom is -0.507 e. The van der Waals surface area contributed by atoms with Gasteiger partial charge in [-0.1, -0.05) is 58.4 Å². The lowest BCUT2D eigenvalue weighted by molar-refractivity contribution is -0.140. The van der Waals surface area contributed by atoms with Crippen LogP contribution in [0.15, 0.2) is 82.8 Å². The molecule has 3 aromatic carbocycles. The van der Waals surface area contributed by atoms with Crippen LogP contribution in [0.1, 0.15) is 28.3 Å². The Labute approximate surface area is 219 Å². The van der Waals surface area contributed by atoms with E-state index >= 15 is 0 Å². The molecule has 1 fully saturated rings. The molecule has 0 saturated carbocycles. The van der Waals surface area contributed by atoms with E-state index in [2.05, 4.69) is 15.9 Å². The summed E-state index contributed by atoms with van der Waals surface area (Å²) in [6, 6.07) is 22.0. The maximum absolute atomic E-state index is 13.2. The van der Waals surface area contributed by atoms with Gasteiger partial charge >= 0.3 is 0 Å². The van der Waals surface area contributed by atoms with E-state index in [0.717, 1.165) is 21.2 Å². The van der Waals surface area contributed by atoms with Crippen LogP contribution < -0.4 is 4.74 Å². The molecule has 1 saturated heterocycles. The predicted octanol–water partition coefficient (Wildman–Crippen LogP) is 5.32. The topological polar surface area (TPSA) is 70.1 Å². The number of nitrogens with zero attached hydrogens (tertiary/aromatic N) is 2. The number of aliphatic hydroxyl groups excluding tert-OH is 1. The first-order valence-corrected chi connectivity index (χ1v) is 12.5. The number of Topliss-reactive ketones (excluding diaryl/α,β-unsaturated/α-hetero) is 1. The standard InChI is InChI=1S/C29H29BrN2O4/c1-19-17-23(36-18-20-7-5-4-6-8-20)13-14-24(19)27(33)25-26(21-9-11-22(30)12-10-21)32(16-15-31(2)3)29(35)28(25)34/h4-14,17,26,33H,15-16,18H2,1-3H3/b27-25+/t26-/m0/s1. The average molecular weight is 549 g/mol. The number of ketones is 1. The molecule has 3 aromatic rings. The highest BCUT2D eigenvalue weighted by Crippen LogP contribution is 2.40. The maximum Gasteiger partial charge on any atom is 0.295 e. The molecule has 0 bridgehead atoms. The zero-order valence-electron chi connectivity index (χ0n) is 20.6. The van der Waals surface area contributed by atoms with E-state index in [4.69, 9.17) is 4.74 Å². The molecule has 1 aliphatic rings. The molecule has 0 spiro atoms. The summed E-state index contributed by atoms with van der Waals surface area (Å²) in [6.07, 6.45) is 0. The molecule has 0 radical (unpaired) electrons. The minimum atomic E-state index is -0.678. The van der Waals surface area contributed by atoms with E-state index in [1.165, 1.54) is 0 Å². The number of likely N-dealkylation sites (tertiary alicyclic amines) is 1. The molecule has 6 nitrogen and oxygen atoms in total. The number of ether oxygens (including phenoxy) is 1. The maximum atomic E-state index is 13.2. The first-order valence-electron chi connectivity index (χ1n) is 11.7. The first kappa shape index (κ1) is 25.7. The molecular weight excluding hydrogens is 520 g/mol. The Kier molecular flexibility index (Phi) is 7.91. The van der Waals surface area contributed by atoms with E-state index in [9.17, 15) is 14.7 Å². The highest BCUT2D eigenvalue weighted by Gasteiger charge is 2.46. The lowest BCUT2D eigenvalue weighted by Gasteiger charge is -2.26. The van der Waals surface area contributed by atoms with Crippen molar-refractivity contribution >= 4 is 33.4 Å². The van der Waals surface area contributed by atoms with Gasteiger partial charge < -0.3 is 19.6 Å². The first-order chi connectivity index (χ1) is 17.3. The quantitative estimate of drug-likeness (QED) is 0.234. The Morgan fingerprint density at radius 1 is 1.03 bits per heavy atom. The third kappa shape index (κ3) is 5.53. The van der Waals surface area contributed by atoms with Crippen LogP contribution in [0.3, 0.4) is 0 Å². The molecule has 186 valence electrons. The van der Waals surface area contributed by atoms with E-state index in [1.807, 2.05) is 86.6 Å². The van der Waals surface area contributed by atoms with Gasteiger partial charge in [0.15, 0.2) is 0 Å². The van der Waals surface area contributed by atoms with Gasteiger partial charge in [-0.25, -0.2) is 0 Å². The number of aryl methyl sites for hydroxylation is 1. The second-order valence-electron chi connectivity index (χ2n) is 9.10. The third-order valence-electron chi connectivity index (χ3n) is 6.22. The largest absolute Gasteiger partial charge is 0.507 e. The van der Waals surface area contributed by atoms with Crippen LogP contribution in [0, 0.1) is 6.92 Å². The smallest absolute Gasteiger partial charge is 0.295 e. The summed E-state index contributed by atoms with van der Waals surface area (Å²) in [4.78, 5) is 29.8. The fraction of sp³-hybridized carbons (Fsp3) is 0.241. The molecule has 1 atom stereocenters. The van der Waals surface area contributed by atoms with Crippen molar-refractivity contribution in [1.29, 1.82) is 0 Å².